The van der Waals surface area contributed by atoms with Gasteiger partial charge in [0.2, 0.25) is 0 Å². The number of nitrogens with one attached hydrogen (secondary N) is 3. The summed E-state index contributed by atoms with van der Waals surface area (Å²) in [5.41, 5.74) is 5.02. The van der Waals surface area contributed by atoms with Crippen LogP contribution in [0.3, 0.4) is 0 Å². The molecule has 2 aromatic rings. The summed E-state index contributed by atoms with van der Waals surface area (Å²) < 4.78 is 5.26. The average molecular weight is 380 g/mol. The van der Waals surface area contributed by atoms with Gasteiger partial charge in [0.15, 0.2) is 11.7 Å². The minimum Gasteiger partial charge on any atom is -0.508 e. The monoisotopic (exact) mass is 379 g/mol. The van der Waals surface area contributed by atoms with E-state index in [0.29, 0.717) is 16.3 Å². The molecule has 0 spiro atoms. The number of carbonyl (C=O) groups excluding carboxylic acids is 2. The van der Waals surface area contributed by atoms with Gasteiger partial charge in [0.1, 0.15) is 11.5 Å². The molecule has 9 heteroatoms. The highest BCUT2D eigenvalue weighted by Crippen LogP contribution is 2.22. The van der Waals surface area contributed by atoms with E-state index in [1.54, 1.807) is 24.3 Å². The van der Waals surface area contributed by atoms with Gasteiger partial charge in [0.25, 0.3) is 11.8 Å². The Bertz CT molecular complexity index is 783. The normalized spacial score (nSPS) is 9.80. The zero-order chi connectivity index (χ0) is 18.2. The van der Waals surface area contributed by atoms with Crippen LogP contribution in [-0.2, 0) is 4.79 Å². The zero-order valence-electron chi connectivity index (χ0n) is 12.8. The molecule has 0 aliphatic rings. The number of benzene rings is 2. The van der Waals surface area contributed by atoms with Gasteiger partial charge in [-0.3, -0.25) is 25.8 Å². The van der Waals surface area contributed by atoms with Crippen LogP contribution in [0.1, 0.15) is 10.4 Å². The van der Waals surface area contributed by atoms with E-state index in [1.807, 2.05) is 0 Å². The highest BCUT2D eigenvalue weighted by atomic mass is 35.5. The summed E-state index contributed by atoms with van der Waals surface area (Å²) in [6.07, 6.45) is 0. The average Bonchev–Trinajstić information content (AvgIpc) is 2.59. The molecule has 0 aromatic heterocycles. The first kappa shape index (κ1) is 18.5. The first-order valence-corrected chi connectivity index (χ1v) is 7.81. The Balaban J connectivity index is 1.74. The number of phenols is 1. The van der Waals surface area contributed by atoms with E-state index < -0.39 is 11.8 Å². The molecule has 0 saturated carbocycles. The second kappa shape index (κ2) is 8.86. The SMILES string of the molecule is O=C(COc1ccccc1Cl)NC(=S)NNC(=O)c1ccc(O)cc1. The fourth-order valence-corrected chi connectivity index (χ4v) is 2.05. The number of halogens is 1. The standard InChI is InChI=1S/C16H14ClN3O4S/c17-12-3-1-2-4-13(12)24-9-14(22)18-16(25)20-19-15(23)10-5-7-11(21)8-6-10/h1-8,21H,9H2,(H,19,23)(H2,18,20,22,25). The summed E-state index contributed by atoms with van der Waals surface area (Å²) in [6.45, 7) is -0.294. The van der Waals surface area contributed by atoms with Gasteiger partial charge >= 0.3 is 0 Å². The Morgan fingerprint density at radius 3 is 2.44 bits per heavy atom. The van der Waals surface area contributed by atoms with Gasteiger partial charge in [-0.1, -0.05) is 23.7 Å². The van der Waals surface area contributed by atoms with Crippen molar-refractivity contribution in [2.75, 3.05) is 6.61 Å². The van der Waals surface area contributed by atoms with Gasteiger partial charge in [0, 0.05) is 5.56 Å². The smallest absolute Gasteiger partial charge is 0.269 e. The third kappa shape index (κ3) is 5.94. The van der Waals surface area contributed by atoms with Crippen molar-refractivity contribution in [2.45, 2.75) is 0 Å². The van der Waals surface area contributed by atoms with Crippen molar-refractivity contribution in [2.24, 2.45) is 0 Å². The lowest BCUT2D eigenvalue weighted by Gasteiger charge is -2.11. The predicted molar refractivity (Wildman–Crippen MR) is 96.4 cm³/mol. The lowest BCUT2D eigenvalue weighted by molar-refractivity contribution is -0.121. The summed E-state index contributed by atoms with van der Waals surface area (Å²) in [7, 11) is 0. The number of amides is 2. The van der Waals surface area contributed by atoms with Gasteiger partial charge in [-0.2, -0.15) is 0 Å². The van der Waals surface area contributed by atoms with Crippen molar-refractivity contribution in [1.82, 2.24) is 16.2 Å². The molecule has 0 fully saturated rings. The second-order valence-electron chi connectivity index (χ2n) is 4.72. The number of para-hydroxylation sites is 1. The molecule has 0 bridgehead atoms. The zero-order valence-corrected chi connectivity index (χ0v) is 14.4. The number of phenolic OH excluding ortho intramolecular Hbond substituents is 1. The third-order valence-electron chi connectivity index (χ3n) is 2.87. The Hall–Kier alpha value is -2.84. The van der Waals surface area contributed by atoms with Crippen molar-refractivity contribution in [3.8, 4) is 11.5 Å². The molecule has 4 N–H and O–H groups in total. The molecule has 0 aliphatic heterocycles. The number of carbonyl (C=O) groups is 2. The van der Waals surface area contributed by atoms with Gasteiger partial charge in [-0.25, -0.2) is 0 Å². The molecule has 2 aromatic carbocycles. The van der Waals surface area contributed by atoms with Crippen LogP contribution in [0.5, 0.6) is 11.5 Å². The van der Waals surface area contributed by atoms with E-state index in [1.165, 1.54) is 24.3 Å². The van der Waals surface area contributed by atoms with Gasteiger partial charge < -0.3 is 9.84 Å². The number of hydrazine groups is 1. The molecular formula is C16H14ClN3O4S. The molecule has 0 heterocycles. The first-order valence-electron chi connectivity index (χ1n) is 7.02. The predicted octanol–water partition coefficient (Wildman–Crippen LogP) is 1.76. The molecule has 0 saturated heterocycles. The maximum atomic E-state index is 11.8. The lowest BCUT2D eigenvalue weighted by Crippen LogP contribution is -2.49. The highest BCUT2D eigenvalue weighted by molar-refractivity contribution is 7.80. The lowest BCUT2D eigenvalue weighted by atomic mass is 10.2. The van der Waals surface area contributed by atoms with E-state index in [2.05, 4.69) is 16.2 Å². The van der Waals surface area contributed by atoms with Crippen LogP contribution < -0.4 is 20.9 Å². The number of thiocarbonyl (C=S) groups is 1. The van der Waals surface area contributed by atoms with Gasteiger partial charge in [-0.05, 0) is 48.6 Å². The van der Waals surface area contributed by atoms with Crippen LogP contribution in [0, 0.1) is 0 Å². The van der Waals surface area contributed by atoms with Crippen LogP contribution >= 0.6 is 23.8 Å². The van der Waals surface area contributed by atoms with Crippen molar-refractivity contribution < 1.29 is 19.4 Å². The van der Waals surface area contributed by atoms with E-state index >= 15 is 0 Å². The number of rotatable bonds is 4. The molecule has 7 nitrogen and oxygen atoms in total. The van der Waals surface area contributed by atoms with Gasteiger partial charge in [0.05, 0.1) is 5.02 Å². The van der Waals surface area contributed by atoms with Crippen molar-refractivity contribution in [1.29, 1.82) is 0 Å². The van der Waals surface area contributed by atoms with Crippen LogP contribution in [-0.4, -0.2) is 28.6 Å². The molecular weight excluding hydrogens is 366 g/mol. The maximum Gasteiger partial charge on any atom is 0.269 e. The molecule has 0 atom stereocenters. The van der Waals surface area contributed by atoms with Gasteiger partial charge in [-0.15, -0.1) is 0 Å². The first-order chi connectivity index (χ1) is 12.0. The van der Waals surface area contributed by atoms with Crippen LogP contribution in [0.15, 0.2) is 48.5 Å². The Labute approximate surface area is 153 Å². The van der Waals surface area contributed by atoms with E-state index in [-0.39, 0.29) is 17.5 Å². The third-order valence-corrected chi connectivity index (χ3v) is 3.38. The number of hydrogen-bond donors (Lipinski definition) is 4. The van der Waals surface area contributed by atoms with E-state index in [9.17, 15) is 9.59 Å². The Morgan fingerprint density at radius 2 is 1.76 bits per heavy atom. The fourth-order valence-electron chi connectivity index (χ4n) is 1.70. The topological polar surface area (TPSA) is 99.7 Å². The summed E-state index contributed by atoms with van der Waals surface area (Å²) in [6, 6.07) is 12.4. The molecule has 2 rings (SSSR count). The summed E-state index contributed by atoms with van der Waals surface area (Å²) in [5.74, 6) is -0.579. The summed E-state index contributed by atoms with van der Waals surface area (Å²) >= 11 is 10.8. The largest absolute Gasteiger partial charge is 0.508 e. The number of aromatic hydroxyl groups is 1. The molecule has 130 valence electrons. The summed E-state index contributed by atoms with van der Waals surface area (Å²) in [4.78, 5) is 23.6. The fraction of sp³-hybridized carbons (Fsp3) is 0.0625. The minimum absolute atomic E-state index is 0.0470. The van der Waals surface area contributed by atoms with Crippen molar-refractivity contribution in [3.05, 3.63) is 59.1 Å². The van der Waals surface area contributed by atoms with Crippen LogP contribution in [0.25, 0.3) is 0 Å². The molecule has 25 heavy (non-hydrogen) atoms. The quantitative estimate of drug-likeness (QED) is 0.477. The highest BCUT2D eigenvalue weighted by Gasteiger charge is 2.09. The van der Waals surface area contributed by atoms with E-state index in [0.717, 1.165) is 0 Å². The van der Waals surface area contributed by atoms with Crippen LogP contribution in [0.2, 0.25) is 5.02 Å². The van der Waals surface area contributed by atoms with Crippen LogP contribution in [0.4, 0.5) is 0 Å². The van der Waals surface area contributed by atoms with Crippen molar-refractivity contribution >= 4 is 40.7 Å². The molecule has 0 aliphatic carbocycles. The Kier molecular flexibility index (Phi) is 6.55. The minimum atomic E-state index is -0.517. The van der Waals surface area contributed by atoms with Crippen molar-refractivity contribution in [3.63, 3.8) is 0 Å². The molecule has 0 unspecified atom stereocenters. The molecule has 0 radical (unpaired) electrons. The second-order valence-corrected chi connectivity index (χ2v) is 5.54. The Morgan fingerprint density at radius 1 is 1.08 bits per heavy atom. The number of ether oxygens (including phenoxy) is 1. The maximum absolute atomic E-state index is 11.8. The summed E-state index contributed by atoms with van der Waals surface area (Å²) in [5, 5.41) is 11.8. The van der Waals surface area contributed by atoms with E-state index in [4.69, 9.17) is 33.7 Å². The number of hydrogen-bond acceptors (Lipinski definition) is 5. The molecule has 2 amide bonds.